The van der Waals surface area contributed by atoms with Crippen LogP contribution in [-0.2, 0) is 23.0 Å². The van der Waals surface area contributed by atoms with Crippen LogP contribution in [0.25, 0.3) is 0 Å². The van der Waals surface area contributed by atoms with Gasteiger partial charge in [0.1, 0.15) is 0 Å². The summed E-state index contributed by atoms with van der Waals surface area (Å²) in [5.41, 5.74) is 1.59. The topological polar surface area (TPSA) is 64.0 Å². The highest BCUT2D eigenvalue weighted by atomic mass is 35.5. The predicted molar refractivity (Wildman–Crippen MR) is 84.2 cm³/mol. The molecule has 0 saturated heterocycles. The van der Waals surface area contributed by atoms with E-state index < -0.39 is 10.0 Å². The standard InChI is InChI=1S/C14H18ClN3O2S/c1-2-18-10-14(16-11-18)21(19,20)17-13-7-3-5-12(9-13)6-4-8-15/h3,5,7,9-11,17H,2,4,6,8H2,1H3. The van der Waals surface area contributed by atoms with E-state index in [1.54, 1.807) is 10.6 Å². The molecule has 0 saturated carbocycles. The molecule has 5 nitrogen and oxygen atoms in total. The van der Waals surface area contributed by atoms with Gasteiger partial charge in [-0.2, -0.15) is 8.42 Å². The predicted octanol–water partition coefficient (Wildman–Crippen LogP) is 2.88. The van der Waals surface area contributed by atoms with Crippen LogP contribution in [0.1, 0.15) is 18.9 Å². The van der Waals surface area contributed by atoms with Crippen LogP contribution < -0.4 is 4.72 Å². The second kappa shape index (κ2) is 6.95. The molecule has 0 unspecified atom stereocenters. The van der Waals surface area contributed by atoms with Gasteiger partial charge in [0.2, 0.25) is 0 Å². The highest BCUT2D eigenvalue weighted by Crippen LogP contribution is 2.17. The number of imidazole rings is 1. The lowest BCUT2D eigenvalue weighted by atomic mass is 10.1. The first kappa shape index (κ1) is 15.9. The summed E-state index contributed by atoms with van der Waals surface area (Å²) in [6.07, 6.45) is 4.70. The Morgan fingerprint density at radius 1 is 1.38 bits per heavy atom. The maximum absolute atomic E-state index is 12.2. The Balaban J connectivity index is 2.16. The Labute approximate surface area is 130 Å². The number of aromatic nitrogens is 2. The Morgan fingerprint density at radius 3 is 2.86 bits per heavy atom. The molecule has 21 heavy (non-hydrogen) atoms. The van der Waals surface area contributed by atoms with Gasteiger partial charge in [0.05, 0.1) is 6.33 Å². The van der Waals surface area contributed by atoms with Gasteiger partial charge in [0.25, 0.3) is 10.0 Å². The van der Waals surface area contributed by atoms with Crippen molar-refractivity contribution in [2.75, 3.05) is 10.6 Å². The molecule has 0 atom stereocenters. The average molecular weight is 328 g/mol. The van der Waals surface area contributed by atoms with Gasteiger partial charge in [-0.3, -0.25) is 4.72 Å². The monoisotopic (exact) mass is 327 g/mol. The molecule has 0 spiro atoms. The van der Waals surface area contributed by atoms with Crippen molar-refractivity contribution in [1.82, 2.24) is 9.55 Å². The molecule has 1 aromatic carbocycles. The number of nitrogens with one attached hydrogen (secondary N) is 1. The molecule has 1 heterocycles. The number of sulfonamides is 1. The molecular formula is C14H18ClN3O2S. The largest absolute Gasteiger partial charge is 0.336 e. The summed E-state index contributed by atoms with van der Waals surface area (Å²) in [6.45, 7) is 2.60. The van der Waals surface area contributed by atoms with Crippen molar-refractivity contribution in [2.24, 2.45) is 0 Å². The van der Waals surface area contributed by atoms with E-state index in [4.69, 9.17) is 11.6 Å². The second-order valence-corrected chi connectivity index (χ2v) is 6.65. The van der Waals surface area contributed by atoms with E-state index in [0.29, 0.717) is 18.1 Å². The number of halogens is 1. The van der Waals surface area contributed by atoms with Crippen LogP contribution >= 0.6 is 11.6 Å². The van der Waals surface area contributed by atoms with Crippen molar-refractivity contribution < 1.29 is 8.42 Å². The van der Waals surface area contributed by atoms with Crippen LogP contribution in [0, 0.1) is 0 Å². The molecule has 2 aromatic rings. The third-order valence-corrected chi connectivity index (χ3v) is 4.56. The molecule has 0 amide bonds. The fourth-order valence-corrected chi connectivity index (χ4v) is 3.06. The molecule has 114 valence electrons. The van der Waals surface area contributed by atoms with Crippen molar-refractivity contribution in [3.63, 3.8) is 0 Å². The molecule has 0 aliphatic rings. The third-order valence-electron chi connectivity index (χ3n) is 3.03. The number of aryl methyl sites for hydroxylation is 2. The molecule has 0 fully saturated rings. The van der Waals surface area contributed by atoms with Gasteiger partial charge in [0, 0.05) is 24.3 Å². The normalized spacial score (nSPS) is 11.5. The van der Waals surface area contributed by atoms with Gasteiger partial charge in [-0.1, -0.05) is 12.1 Å². The average Bonchev–Trinajstić information content (AvgIpc) is 2.95. The van der Waals surface area contributed by atoms with E-state index in [9.17, 15) is 8.42 Å². The van der Waals surface area contributed by atoms with Gasteiger partial charge in [-0.05, 0) is 37.5 Å². The number of nitrogens with zero attached hydrogens (tertiary/aromatic N) is 2. The highest BCUT2D eigenvalue weighted by molar-refractivity contribution is 7.92. The maximum atomic E-state index is 12.2. The number of anilines is 1. The van der Waals surface area contributed by atoms with E-state index in [1.807, 2.05) is 25.1 Å². The summed E-state index contributed by atoms with van der Waals surface area (Å²) in [7, 11) is -3.65. The Morgan fingerprint density at radius 2 is 2.19 bits per heavy atom. The lowest BCUT2D eigenvalue weighted by molar-refractivity contribution is 0.598. The summed E-state index contributed by atoms with van der Waals surface area (Å²) < 4.78 is 28.8. The first-order valence-electron chi connectivity index (χ1n) is 6.74. The van der Waals surface area contributed by atoms with E-state index in [-0.39, 0.29) is 5.03 Å². The molecule has 2 rings (SSSR count). The Hall–Kier alpha value is -1.53. The highest BCUT2D eigenvalue weighted by Gasteiger charge is 2.17. The van der Waals surface area contributed by atoms with E-state index in [2.05, 4.69) is 9.71 Å². The molecule has 1 N–H and O–H groups in total. The van der Waals surface area contributed by atoms with Crippen LogP contribution in [-0.4, -0.2) is 23.8 Å². The number of rotatable bonds is 7. The van der Waals surface area contributed by atoms with Crippen LogP contribution in [0.5, 0.6) is 0 Å². The van der Waals surface area contributed by atoms with Crippen LogP contribution in [0.2, 0.25) is 0 Å². The van der Waals surface area contributed by atoms with Crippen molar-refractivity contribution in [1.29, 1.82) is 0 Å². The fourth-order valence-electron chi connectivity index (χ4n) is 1.92. The molecular weight excluding hydrogens is 310 g/mol. The van der Waals surface area contributed by atoms with E-state index in [0.717, 1.165) is 18.4 Å². The molecule has 0 radical (unpaired) electrons. The SMILES string of the molecule is CCn1cnc(S(=O)(=O)Nc2cccc(CCCCl)c2)c1. The number of alkyl halides is 1. The number of hydrogen-bond donors (Lipinski definition) is 1. The zero-order valence-corrected chi connectivity index (χ0v) is 13.4. The van der Waals surface area contributed by atoms with Gasteiger partial charge >= 0.3 is 0 Å². The molecule has 1 aromatic heterocycles. The second-order valence-electron chi connectivity index (χ2n) is 4.64. The van der Waals surface area contributed by atoms with Crippen molar-refractivity contribution in [2.45, 2.75) is 31.3 Å². The van der Waals surface area contributed by atoms with Crippen LogP contribution in [0.15, 0.2) is 41.8 Å². The minimum absolute atomic E-state index is 0.0236. The lowest BCUT2D eigenvalue weighted by Gasteiger charge is -2.07. The quantitative estimate of drug-likeness (QED) is 0.795. The van der Waals surface area contributed by atoms with Crippen LogP contribution in [0.4, 0.5) is 5.69 Å². The number of hydrogen-bond acceptors (Lipinski definition) is 3. The minimum Gasteiger partial charge on any atom is -0.336 e. The van der Waals surface area contributed by atoms with Crippen molar-refractivity contribution in [3.05, 3.63) is 42.4 Å². The zero-order valence-electron chi connectivity index (χ0n) is 11.8. The molecule has 0 bridgehead atoms. The summed E-state index contributed by atoms with van der Waals surface area (Å²) in [5.74, 6) is 0.588. The summed E-state index contributed by atoms with van der Waals surface area (Å²) in [5, 5.41) is 0.0236. The maximum Gasteiger partial charge on any atom is 0.280 e. The molecule has 0 aliphatic carbocycles. The van der Waals surface area contributed by atoms with Gasteiger partial charge in [0.15, 0.2) is 5.03 Å². The van der Waals surface area contributed by atoms with Crippen LogP contribution in [0.3, 0.4) is 0 Å². The Bertz CT molecular complexity index is 698. The van der Waals surface area contributed by atoms with Gasteiger partial charge < -0.3 is 4.57 Å². The summed E-state index contributed by atoms with van der Waals surface area (Å²) in [6, 6.07) is 7.32. The first-order chi connectivity index (χ1) is 10.0. The smallest absolute Gasteiger partial charge is 0.280 e. The zero-order chi connectivity index (χ0) is 15.3. The molecule has 0 aliphatic heterocycles. The molecule has 7 heteroatoms. The summed E-state index contributed by atoms with van der Waals surface area (Å²) in [4.78, 5) is 3.92. The first-order valence-corrected chi connectivity index (χ1v) is 8.76. The summed E-state index contributed by atoms with van der Waals surface area (Å²) >= 11 is 5.67. The lowest BCUT2D eigenvalue weighted by Crippen LogP contribution is -2.13. The fraction of sp³-hybridized carbons (Fsp3) is 0.357. The third kappa shape index (κ3) is 4.22. The van der Waals surface area contributed by atoms with E-state index >= 15 is 0 Å². The minimum atomic E-state index is -3.65. The van der Waals surface area contributed by atoms with Crippen molar-refractivity contribution in [3.8, 4) is 0 Å². The van der Waals surface area contributed by atoms with Crippen molar-refractivity contribution >= 4 is 27.3 Å². The number of benzene rings is 1. The Kier molecular flexibility index (Phi) is 5.25. The van der Waals surface area contributed by atoms with Gasteiger partial charge in [-0.25, -0.2) is 4.98 Å². The van der Waals surface area contributed by atoms with Gasteiger partial charge in [-0.15, -0.1) is 11.6 Å². The van der Waals surface area contributed by atoms with E-state index in [1.165, 1.54) is 12.5 Å².